The highest BCUT2D eigenvalue weighted by atomic mass is 15.1. The van der Waals surface area contributed by atoms with Gasteiger partial charge in [-0.25, -0.2) is 0 Å². The van der Waals surface area contributed by atoms with Crippen LogP contribution in [0.3, 0.4) is 0 Å². The zero-order chi connectivity index (χ0) is 14.1. The Morgan fingerprint density at radius 3 is 2.80 bits per heavy atom. The molecule has 0 spiro atoms. The minimum atomic E-state index is 0.867. The molecule has 0 bridgehead atoms. The average Bonchev–Trinajstić information content (AvgIpc) is 2.46. The van der Waals surface area contributed by atoms with Gasteiger partial charge in [-0.1, -0.05) is 31.2 Å². The lowest BCUT2D eigenvalue weighted by molar-refractivity contribution is 0.725. The van der Waals surface area contributed by atoms with Crippen LogP contribution in [0.25, 0.3) is 0 Å². The summed E-state index contributed by atoms with van der Waals surface area (Å²) >= 11 is 0. The van der Waals surface area contributed by atoms with Crippen molar-refractivity contribution in [2.45, 2.75) is 33.2 Å². The fourth-order valence-corrected chi connectivity index (χ4v) is 3.23. The number of rotatable bonds is 2. The first-order valence-corrected chi connectivity index (χ1v) is 7.39. The summed E-state index contributed by atoms with van der Waals surface area (Å²) in [4.78, 5) is 2.51. The van der Waals surface area contributed by atoms with Crippen LogP contribution in [-0.4, -0.2) is 6.54 Å². The molecular weight excluding hydrogens is 244 g/mol. The number of nitrogens with two attached hydrogens (primary N) is 1. The van der Waals surface area contributed by atoms with Crippen molar-refractivity contribution in [2.24, 2.45) is 0 Å². The summed E-state index contributed by atoms with van der Waals surface area (Å²) < 4.78 is 0. The number of nitrogen functional groups attached to an aromatic ring is 1. The van der Waals surface area contributed by atoms with Gasteiger partial charge in [-0.3, -0.25) is 0 Å². The van der Waals surface area contributed by atoms with Crippen LogP contribution in [0.5, 0.6) is 0 Å². The van der Waals surface area contributed by atoms with E-state index < -0.39 is 0 Å². The Balaban J connectivity index is 1.98. The van der Waals surface area contributed by atoms with E-state index in [4.69, 9.17) is 5.73 Å². The molecule has 2 nitrogen and oxygen atoms in total. The molecular formula is C18H22N2. The van der Waals surface area contributed by atoms with Crippen LogP contribution in [0.4, 0.5) is 11.4 Å². The molecule has 3 rings (SSSR count). The molecule has 0 saturated carbocycles. The fourth-order valence-electron chi connectivity index (χ4n) is 3.23. The second-order valence-corrected chi connectivity index (χ2v) is 5.64. The maximum atomic E-state index is 5.93. The Hall–Kier alpha value is -1.96. The molecule has 1 aliphatic heterocycles. The van der Waals surface area contributed by atoms with Gasteiger partial charge in [0.2, 0.25) is 0 Å². The van der Waals surface area contributed by atoms with Crippen LogP contribution in [0.2, 0.25) is 0 Å². The standard InChI is InChI=1S/C18H22N2/c1-3-14-6-4-5-13(2)18(14)20-10-9-15-7-8-17(19)11-16(15)12-20/h4-8,11H,3,9-10,12,19H2,1-2H3. The van der Waals surface area contributed by atoms with Crippen molar-refractivity contribution in [1.82, 2.24) is 0 Å². The molecule has 2 aromatic carbocycles. The lowest BCUT2D eigenvalue weighted by Gasteiger charge is -2.33. The SMILES string of the molecule is CCc1cccc(C)c1N1CCc2ccc(N)cc2C1. The van der Waals surface area contributed by atoms with E-state index in [1.807, 2.05) is 6.07 Å². The lowest BCUT2D eigenvalue weighted by atomic mass is 9.96. The molecule has 0 aromatic heterocycles. The third-order valence-corrected chi connectivity index (χ3v) is 4.26. The summed E-state index contributed by atoms with van der Waals surface area (Å²) in [6.07, 6.45) is 2.18. The summed E-state index contributed by atoms with van der Waals surface area (Å²) in [5, 5.41) is 0. The van der Waals surface area contributed by atoms with Gasteiger partial charge in [-0.15, -0.1) is 0 Å². The Bertz CT molecular complexity index is 631. The van der Waals surface area contributed by atoms with Crippen molar-refractivity contribution in [2.75, 3.05) is 17.2 Å². The predicted octanol–water partition coefficient (Wildman–Crippen LogP) is 3.70. The van der Waals surface area contributed by atoms with Crippen molar-refractivity contribution in [3.63, 3.8) is 0 Å². The topological polar surface area (TPSA) is 29.3 Å². The van der Waals surface area contributed by atoms with E-state index >= 15 is 0 Å². The number of anilines is 2. The Kier molecular flexibility index (Phi) is 3.39. The van der Waals surface area contributed by atoms with E-state index in [1.165, 1.54) is 27.9 Å². The predicted molar refractivity (Wildman–Crippen MR) is 86.2 cm³/mol. The van der Waals surface area contributed by atoms with E-state index in [-0.39, 0.29) is 0 Å². The van der Waals surface area contributed by atoms with Crippen LogP contribution in [0, 0.1) is 6.92 Å². The molecule has 2 N–H and O–H groups in total. The molecule has 0 radical (unpaired) electrons. The maximum absolute atomic E-state index is 5.93. The smallest absolute Gasteiger partial charge is 0.0433 e. The van der Waals surface area contributed by atoms with Gasteiger partial charge < -0.3 is 10.6 Å². The lowest BCUT2D eigenvalue weighted by Crippen LogP contribution is -2.31. The number of benzene rings is 2. The van der Waals surface area contributed by atoms with Gasteiger partial charge >= 0.3 is 0 Å². The maximum Gasteiger partial charge on any atom is 0.0433 e. The Labute approximate surface area is 121 Å². The van der Waals surface area contributed by atoms with E-state index in [9.17, 15) is 0 Å². The molecule has 0 aliphatic carbocycles. The van der Waals surface area contributed by atoms with Crippen molar-refractivity contribution < 1.29 is 0 Å². The summed E-state index contributed by atoms with van der Waals surface area (Å²) in [6.45, 7) is 6.50. The van der Waals surface area contributed by atoms with Gasteiger partial charge in [0, 0.05) is 24.5 Å². The number of aryl methyl sites for hydroxylation is 2. The molecule has 0 fully saturated rings. The van der Waals surface area contributed by atoms with E-state index in [2.05, 4.69) is 49.1 Å². The first kappa shape index (κ1) is 13.0. The molecule has 1 aliphatic rings. The molecule has 1 heterocycles. The van der Waals surface area contributed by atoms with E-state index in [0.717, 1.165) is 31.6 Å². The highest BCUT2D eigenvalue weighted by Gasteiger charge is 2.19. The van der Waals surface area contributed by atoms with Crippen molar-refractivity contribution >= 4 is 11.4 Å². The first-order valence-electron chi connectivity index (χ1n) is 7.39. The van der Waals surface area contributed by atoms with E-state index in [0.29, 0.717) is 0 Å². The zero-order valence-corrected chi connectivity index (χ0v) is 12.3. The Morgan fingerprint density at radius 1 is 1.15 bits per heavy atom. The second kappa shape index (κ2) is 5.20. The summed E-state index contributed by atoms with van der Waals surface area (Å²) in [7, 11) is 0. The average molecular weight is 266 g/mol. The molecule has 0 amide bonds. The van der Waals surface area contributed by atoms with Crippen molar-refractivity contribution in [3.05, 3.63) is 58.7 Å². The molecule has 104 valence electrons. The zero-order valence-electron chi connectivity index (χ0n) is 12.3. The quantitative estimate of drug-likeness (QED) is 0.840. The van der Waals surface area contributed by atoms with Gasteiger partial charge in [0.25, 0.3) is 0 Å². The second-order valence-electron chi connectivity index (χ2n) is 5.64. The molecule has 2 heteroatoms. The minimum absolute atomic E-state index is 0.867. The number of hydrogen-bond acceptors (Lipinski definition) is 2. The van der Waals surface area contributed by atoms with Gasteiger partial charge in [-0.05, 0) is 54.2 Å². The van der Waals surface area contributed by atoms with Gasteiger partial charge in [0.15, 0.2) is 0 Å². The van der Waals surface area contributed by atoms with Crippen molar-refractivity contribution in [3.8, 4) is 0 Å². The third kappa shape index (κ3) is 2.26. The summed E-state index contributed by atoms with van der Waals surface area (Å²) in [5.41, 5.74) is 13.9. The van der Waals surface area contributed by atoms with Crippen LogP contribution in [-0.2, 0) is 19.4 Å². The summed E-state index contributed by atoms with van der Waals surface area (Å²) in [6, 6.07) is 12.9. The van der Waals surface area contributed by atoms with Crippen molar-refractivity contribution in [1.29, 1.82) is 0 Å². The molecule has 0 atom stereocenters. The fraction of sp³-hybridized carbons (Fsp3) is 0.333. The van der Waals surface area contributed by atoms with Crippen LogP contribution in [0.15, 0.2) is 36.4 Å². The minimum Gasteiger partial charge on any atom is -0.399 e. The monoisotopic (exact) mass is 266 g/mol. The van der Waals surface area contributed by atoms with Gasteiger partial charge in [0.05, 0.1) is 0 Å². The molecule has 0 saturated heterocycles. The van der Waals surface area contributed by atoms with Crippen LogP contribution < -0.4 is 10.6 Å². The van der Waals surface area contributed by atoms with Crippen LogP contribution in [0.1, 0.15) is 29.2 Å². The number of fused-ring (bicyclic) bond motifs is 1. The third-order valence-electron chi connectivity index (χ3n) is 4.26. The molecule has 20 heavy (non-hydrogen) atoms. The largest absolute Gasteiger partial charge is 0.399 e. The number of nitrogens with zero attached hydrogens (tertiary/aromatic N) is 1. The van der Waals surface area contributed by atoms with Gasteiger partial charge in [0.1, 0.15) is 0 Å². The molecule has 2 aromatic rings. The molecule has 0 unspecified atom stereocenters. The first-order chi connectivity index (χ1) is 9.69. The van der Waals surface area contributed by atoms with Gasteiger partial charge in [-0.2, -0.15) is 0 Å². The number of para-hydroxylation sites is 1. The summed E-state index contributed by atoms with van der Waals surface area (Å²) in [5.74, 6) is 0. The Morgan fingerprint density at radius 2 is 2.00 bits per heavy atom. The van der Waals surface area contributed by atoms with E-state index in [1.54, 1.807) is 0 Å². The highest BCUT2D eigenvalue weighted by Crippen LogP contribution is 2.31. The van der Waals surface area contributed by atoms with Crippen LogP contribution >= 0.6 is 0 Å². The normalized spacial score (nSPS) is 14.2. The number of hydrogen-bond donors (Lipinski definition) is 1. The highest BCUT2D eigenvalue weighted by molar-refractivity contribution is 5.61.